The van der Waals surface area contributed by atoms with E-state index in [1.54, 1.807) is 12.4 Å². The molecule has 0 unspecified atom stereocenters. The van der Waals surface area contributed by atoms with Gasteiger partial charge in [-0.1, -0.05) is 396 Å². The Morgan fingerprint density at radius 2 is 0.516 bits per heavy atom. The van der Waals surface area contributed by atoms with Crippen LogP contribution in [0.2, 0.25) is 0 Å². The van der Waals surface area contributed by atoms with Crippen LogP contribution in [-0.4, -0.2) is 44.9 Å². The third kappa shape index (κ3) is 17.3. The monoisotopic (exact) mass is 1640 g/mol. The first-order chi connectivity index (χ1) is 63.0. The predicted octanol–water partition coefficient (Wildman–Crippen LogP) is 30.1. The molecule has 0 saturated heterocycles. The van der Waals surface area contributed by atoms with Gasteiger partial charge in [0.2, 0.25) is 0 Å². The zero-order valence-electron chi connectivity index (χ0n) is 70.9. The van der Waals surface area contributed by atoms with E-state index in [1.165, 1.54) is 61.0 Å². The van der Waals surface area contributed by atoms with Gasteiger partial charge in [0.25, 0.3) is 0 Å². The molecule has 0 bridgehead atoms. The Balaban J connectivity index is 0.000000121. The van der Waals surface area contributed by atoms with Gasteiger partial charge in [0.05, 0.1) is 34.2 Å². The summed E-state index contributed by atoms with van der Waals surface area (Å²) in [6.07, 6.45) is 5.37. The Labute approximate surface area is 746 Å². The van der Waals surface area contributed by atoms with Gasteiger partial charge in [-0.3, -0.25) is 9.97 Å². The van der Waals surface area contributed by atoms with E-state index >= 15 is 0 Å². The van der Waals surface area contributed by atoms with E-state index in [9.17, 15) is 0 Å². The van der Waals surface area contributed by atoms with Crippen LogP contribution in [-0.2, 0) is 5.41 Å². The lowest BCUT2D eigenvalue weighted by Crippen LogP contribution is -2.14. The highest BCUT2D eigenvalue weighted by Gasteiger charge is 2.35. The number of pyridine rings is 4. The van der Waals surface area contributed by atoms with Gasteiger partial charge in [-0.05, 0) is 162 Å². The molecular weight excluding hydrogens is 1560 g/mol. The molecule has 0 radical (unpaired) electrons. The van der Waals surface area contributed by atoms with Crippen molar-refractivity contribution >= 4 is 10.8 Å². The predicted molar refractivity (Wildman–Crippen MR) is 526 cm³/mol. The maximum Gasteiger partial charge on any atom is 0.164 e. The standard InChI is InChI=1S/C44H34N2.C38H26N2.C37H25N5/c1-29-11-9-18-41(45-29)34-15-10-14-33(25-34)30-19-21-31(22-20-30)36-27-42(32-12-5-4-6-13-32)46-43(28-36)35-23-24-38-37-16-7-8-17-39(37)44(2,3)40(38)26-35;1-3-9-27(10-4-1)28-15-19-32(20-16-28)37-26-34(25-36(40-37)31-12-5-2-6-13-31)29-17-21-33(22-18-29)38-35-14-8-7-11-30(35)23-24-39-38;1-3-8-26(9-4-1)27-12-14-28(15-13-27)29-16-18-32(19-17-29)36-40-35(30-10-5-2-6-11-30)41-37(42-36)33-22-20-31(21-23-33)34-38-24-7-25-39-34/h4-28H,1-3H3;1-26H;1-25H. The summed E-state index contributed by atoms with van der Waals surface area (Å²) < 4.78 is 0. The zero-order chi connectivity index (χ0) is 86.1. The van der Waals surface area contributed by atoms with Crippen LogP contribution in [0, 0.1) is 6.92 Å². The number of aromatic nitrogens is 9. The van der Waals surface area contributed by atoms with Gasteiger partial charge in [0.15, 0.2) is 23.3 Å². The third-order valence-corrected chi connectivity index (χ3v) is 23.8. The van der Waals surface area contributed by atoms with E-state index in [4.69, 9.17) is 34.9 Å². The number of hydrogen-bond donors (Lipinski definition) is 0. The van der Waals surface area contributed by atoms with E-state index in [0.29, 0.717) is 23.3 Å². The van der Waals surface area contributed by atoms with Crippen LogP contribution in [0.4, 0.5) is 0 Å². The van der Waals surface area contributed by atoms with Gasteiger partial charge in [-0.2, -0.15) is 0 Å². The van der Waals surface area contributed by atoms with E-state index in [0.717, 1.165) is 134 Å². The van der Waals surface area contributed by atoms with E-state index < -0.39 is 0 Å². The summed E-state index contributed by atoms with van der Waals surface area (Å²) in [5.74, 6) is 2.55. The number of hydrogen-bond acceptors (Lipinski definition) is 9. The average molecular weight is 1640 g/mol. The number of benzene rings is 15. The molecule has 21 aromatic rings. The van der Waals surface area contributed by atoms with Crippen molar-refractivity contribution in [2.24, 2.45) is 0 Å². The largest absolute Gasteiger partial charge is 0.256 e. The summed E-state index contributed by atoms with van der Waals surface area (Å²) >= 11 is 0. The summed E-state index contributed by atoms with van der Waals surface area (Å²) in [7, 11) is 0. The summed E-state index contributed by atoms with van der Waals surface area (Å²) in [5.41, 5.74) is 36.6. The number of rotatable bonds is 16. The molecule has 9 heteroatoms. The molecule has 6 heterocycles. The first-order valence-corrected chi connectivity index (χ1v) is 43.2. The molecule has 6 aromatic heterocycles. The Morgan fingerprint density at radius 3 is 1.02 bits per heavy atom. The minimum absolute atomic E-state index is 0.0651. The molecule has 0 spiro atoms. The molecule has 15 aromatic carbocycles. The lowest BCUT2D eigenvalue weighted by molar-refractivity contribution is 0.660. The van der Waals surface area contributed by atoms with Crippen LogP contribution in [0.5, 0.6) is 0 Å². The van der Waals surface area contributed by atoms with Crippen molar-refractivity contribution in [3.63, 3.8) is 0 Å². The third-order valence-electron chi connectivity index (χ3n) is 23.8. The van der Waals surface area contributed by atoms with Gasteiger partial charge >= 0.3 is 0 Å². The minimum Gasteiger partial charge on any atom is -0.256 e. The first kappa shape index (κ1) is 79.7. The Bertz CT molecular complexity index is 7480. The summed E-state index contributed by atoms with van der Waals surface area (Å²) in [6.45, 7) is 6.69. The second kappa shape index (κ2) is 36.0. The normalized spacial score (nSPS) is 11.6. The molecule has 0 N–H and O–H groups in total. The van der Waals surface area contributed by atoms with Crippen molar-refractivity contribution in [3.8, 4) is 191 Å². The number of fused-ring (bicyclic) bond motifs is 4. The van der Waals surface area contributed by atoms with Crippen LogP contribution in [0.3, 0.4) is 0 Å². The highest BCUT2D eigenvalue weighted by Crippen LogP contribution is 2.50. The average Bonchev–Trinajstić information content (AvgIpc) is 1.56. The van der Waals surface area contributed by atoms with E-state index in [-0.39, 0.29) is 5.41 Å². The van der Waals surface area contributed by atoms with Crippen LogP contribution < -0.4 is 0 Å². The maximum atomic E-state index is 5.23. The molecule has 0 amide bonds. The molecule has 1 aliphatic carbocycles. The molecule has 0 fully saturated rings. The number of nitrogens with zero attached hydrogens (tertiary/aromatic N) is 9. The highest BCUT2D eigenvalue weighted by atomic mass is 15.0. The maximum absolute atomic E-state index is 5.23. The molecule has 606 valence electrons. The lowest BCUT2D eigenvalue weighted by Gasteiger charge is -2.22. The van der Waals surface area contributed by atoms with Crippen molar-refractivity contribution in [1.29, 1.82) is 0 Å². The van der Waals surface area contributed by atoms with Crippen molar-refractivity contribution < 1.29 is 0 Å². The van der Waals surface area contributed by atoms with Crippen LogP contribution in [0.1, 0.15) is 30.7 Å². The Hall–Kier alpha value is -16.8. The number of aryl methyl sites for hydroxylation is 1. The minimum atomic E-state index is -0.0651. The fourth-order valence-electron chi connectivity index (χ4n) is 17.0. The van der Waals surface area contributed by atoms with Crippen molar-refractivity contribution in [1.82, 2.24) is 44.9 Å². The van der Waals surface area contributed by atoms with E-state index in [2.05, 4.69) is 382 Å². The fraction of sp³-hybridized carbons (Fsp3) is 0.0336. The highest BCUT2D eigenvalue weighted by molar-refractivity contribution is 5.95. The quantitative estimate of drug-likeness (QED) is 0.0932. The summed E-state index contributed by atoms with van der Waals surface area (Å²) in [4.78, 5) is 43.1. The van der Waals surface area contributed by atoms with Gasteiger partial charge in [-0.15, -0.1) is 0 Å². The molecule has 22 rings (SSSR count). The van der Waals surface area contributed by atoms with Crippen LogP contribution in [0.25, 0.3) is 202 Å². The SMILES string of the molecule is Cc1cccc(-c2cccc(-c3ccc(-c4cc(-c5ccccc5)nc(-c5ccc6c(c5)C(C)(C)c5ccccc5-6)c4)cc3)c2)n1.c1ccc(-c2ccc(-c3cc(-c4ccc(-c5nccc6ccccc56)cc4)cc(-c4ccccc4)n3)cc2)cc1.c1ccc(-c2ccc(-c3ccc(-c4nc(-c5ccccc5)nc(-c5ccc(-c6ncccn6)cc5)n4)cc3)cc2)cc1. The van der Waals surface area contributed by atoms with Gasteiger partial charge < -0.3 is 0 Å². The second-order valence-electron chi connectivity index (χ2n) is 32.5. The molecule has 128 heavy (non-hydrogen) atoms. The second-order valence-corrected chi connectivity index (χ2v) is 32.5. The molecule has 0 saturated carbocycles. The van der Waals surface area contributed by atoms with Gasteiger partial charge in [0, 0.05) is 90.7 Å². The lowest BCUT2D eigenvalue weighted by atomic mass is 9.82. The fourth-order valence-corrected chi connectivity index (χ4v) is 17.0. The molecule has 0 atom stereocenters. The van der Waals surface area contributed by atoms with Crippen molar-refractivity contribution in [2.75, 3.05) is 0 Å². The van der Waals surface area contributed by atoms with Crippen molar-refractivity contribution in [3.05, 3.63) is 478 Å². The van der Waals surface area contributed by atoms with Crippen LogP contribution in [0.15, 0.2) is 461 Å². The molecule has 1 aliphatic rings. The van der Waals surface area contributed by atoms with E-state index in [1.807, 2.05) is 98.0 Å². The Morgan fingerprint density at radius 1 is 0.180 bits per heavy atom. The van der Waals surface area contributed by atoms with Gasteiger partial charge in [-0.25, -0.2) is 34.9 Å². The summed E-state index contributed by atoms with van der Waals surface area (Å²) in [6, 6.07) is 155. The van der Waals surface area contributed by atoms with Gasteiger partial charge in [0.1, 0.15) is 0 Å². The van der Waals surface area contributed by atoms with Crippen molar-refractivity contribution in [2.45, 2.75) is 26.2 Å². The molecule has 9 nitrogen and oxygen atoms in total. The van der Waals surface area contributed by atoms with Crippen LogP contribution >= 0.6 is 0 Å². The summed E-state index contributed by atoms with van der Waals surface area (Å²) in [5, 5.41) is 2.36. The molecular formula is C119H85N9. The Kier molecular flexibility index (Phi) is 22.4. The zero-order valence-corrected chi connectivity index (χ0v) is 70.9. The first-order valence-electron chi connectivity index (χ1n) is 43.2. The smallest absolute Gasteiger partial charge is 0.164 e. The molecule has 0 aliphatic heterocycles. The topological polar surface area (TPSA) is 116 Å².